The number of hydrogen-bond donors (Lipinski definition) is 1. The number of anilines is 2. The number of carbonyl (C=O) groups is 1. The summed E-state index contributed by atoms with van der Waals surface area (Å²) >= 11 is 1.56. The fourth-order valence-electron chi connectivity index (χ4n) is 3.72. The summed E-state index contributed by atoms with van der Waals surface area (Å²) in [6, 6.07) is 6.35. The molecule has 0 aliphatic carbocycles. The highest BCUT2D eigenvalue weighted by atomic mass is 32.1. The van der Waals surface area contributed by atoms with Crippen molar-refractivity contribution in [1.29, 1.82) is 5.26 Å². The van der Waals surface area contributed by atoms with Crippen molar-refractivity contribution in [2.45, 2.75) is 32.7 Å². The third-order valence-corrected chi connectivity index (χ3v) is 6.25. The second kappa shape index (κ2) is 8.00. The minimum atomic E-state index is -0.705. The van der Waals surface area contributed by atoms with Gasteiger partial charge in [-0.25, -0.2) is 9.97 Å². The average Bonchev–Trinajstić information content (AvgIpc) is 3.39. The van der Waals surface area contributed by atoms with Gasteiger partial charge in [-0.1, -0.05) is 12.7 Å². The maximum absolute atomic E-state index is 11.9. The lowest BCUT2D eigenvalue weighted by Gasteiger charge is -2.26. The zero-order valence-corrected chi connectivity index (χ0v) is 18.7. The molecule has 0 atom stereocenters. The summed E-state index contributed by atoms with van der Waals surface area (Å²) in [7, 11) is 0. The van der Waals surface area contributed by atoms with E-state index in [1.54, 1.807) is 16.2 Å². The molecule has 4 rings (SSSR count). The zero-order valence-electron chi connectivity index (χ0n) is 17.8. The molecule has 0 fully saturated rings. The zero-order chi connectivity index (χ0) is 22.2. The predicted octanol–water partition coefficient (Wildman–Crippen LogP) is 4.61. The molecule has 3 aromatic heterocycles. The molecule has 1 amide bonds. The third kappa shape index (κ3) is 3.97. The molecular formula is C23H24N6OS. The number of hydrogen-bond acceptors (Lipinski definition) is 6. The summed E-state index contributed by atoms with van der Waals surface area (Å²) in [5.41, 5.74) is 2.18. The lowest BCUT2D eigenvalue weighted by molar-refractivity contribution is -0.125. The minimum absolute atomic E-state index is 0.0649. The lowest BCUT2D eigenvalue weighted by atomic mass is 10.0. The number of aromatic nitrogens is 3. The Morgan fingerprint density at radius 2 is 2.26 bits per heavy atom. The Hall–Kier alpha value is -3.44. The van der Waals surface area contributed by atoms with Crippen LogP contribution in [0.25, 0.3) is 16.5 Å². The van der Waals surface area contributed by atoms with Crippen LogP contribution in [-0.4, -0.2) is 38.4 Å². The van der Waals surface area contributed by atoms with Crippen molar-refractivity contribution in [2.24, 2.45) is 0 Å². The summed E-state index contributed by atoms with van der Waals surface area (Å²) in [5.74, 6) is 0.612. The van der Waals surface area contributed by atoms with E-state index in [0.29, 0.717) is 25.3 Å². The third-order valence-electron chi connectivity index (χ3n) is 5.42. The molecule has 0 saturated carbocycles. The molecule has 0 spiro atoms. The smallest absolute Gasteiger partial charge is 0.246 e. The number of nitriles is 1. The summed E-state index contributed by atoms with van der Waals surface area (Å²) in [6.45, 7) is 10.5. The van der Waals surface area contributed by atoms with Crippen LogP contribution in [0.3, 0.4) is 0 Å². The Labute approximate surface area is 185 Å². The molecule has 1 aliphatic rings. The van der Waals surface area contributed by atoms with Crippen LogP contribution in [0, 0.1) is 18.3 Å². The molecule has 1 aliphatic heterocycles. The highest BCUT2D eigenvalue weighted by molar-refractivity contribution is 7.15. The molecule has 0 saturated heterocycles. The van der Waals surface area contributed by atoms with E-state index < -0.39 is 5.54 Å². The van der Waals surface area contributed by atoms with Gasteiger partial charge in [0.25, 0.3) is 0 Å². The lowest BCUT2D eigenvalue weighted by Crippen LogP contribution is -2.33. The Morgan fingerprint density at radius 1 is 1.45 bits per heavy atom. The number of carbonyl (C=O) groups excluding carboxylic acids is 1. The fraction of sp³-hybridized carbons (Fsp3) is 0.304. The number of nitrogens with zero attached hydrogens (tertiary/aromatic N) is 5. The maximum Gasteiger partial charge on any atom is 0.246 e. The van der Waals surface area contributed by atoms with Gasteiger partial charge in [-0.3, -0.25) is 4.79 Å². The second-order valence-corrected chi connectivity index (χ2v) is 9.25. The van der Waals surface area contributed by atoms with Gasteiger partial charge in [0.1, 0.15) is 11.4 Å². The van der Waals surface area contributed by atoms with E-state index in [-0.39, 0.29) is 5.91 Å². The van der Waals surface area contributed by atoms with E-state index in [0.717, 1.165) is 32.2 Å². The van der Waals surface area contributed by atoms with Crippen molar-refractivity contribution in [3.05, 3.63) is 53.8 Å². The minimum Gasteiger partial charge on any atom is -0.335 e. The molecule has 158 valence electrons. The molecular weight excluding hydrogens is 408 g/mol. The first-order valence-electron chi connectivity index (χ1n) is 10.1. The first-order valence-corrected chi connectivity index (χ1v) is 10.9. The van der Waals surface area contributed by atoms with Crippen LogP contribution in [-0.2, 0) is 10.3 Å². The van der Waals surface area contributed by atoms with Crippen molar-refractivity contribution in [3.63, 3.8) is 0 Å². The number of thiazole rings is 1. The molecule has 31 heavy (non-hydrogen) atoms. The normalized spacial score (nSPS) is 14.3. The van der Waals surface area contributed by atoms with Gasteiger partial charge in [0, 0.05) is 41.8 Å². The predicted molar refractivity (Wildman–Crippen MR) is 124 cm³/mol. The summed E-state index contributed by atoms with van der Waals surface area (Å²) in [6.07, 6.45) is 7.86. The van der Waals surface area contributed by atoms with Gasteiger partial charge in [-0.05, 0) is 44.9 Å². The summed E-state index contributed by atoms with van der Waals surface area (Å²) in [4.78, 5) is 24.1. The Bertz CT molecular complexity index is 1240. The van der Waals surface area contributed by atoms with E-state index in [2.05, 4.69) is 29.0 Å². The molecule has 0 unspecified atom stereocenters. The van der Waals surface area contributed by atoms with Crippen molar-refractivity contribution < 1.29 is 4.79 Å². The van der Waals surface area contributed by atoms with Gasteiger partial charge >= 0.3 is 0 Å². The first-order chi connectivity index (χ1) is 14.8. The van der Waals surface area contributed by atoms with Crippen LogP contribution in [0.15, 0.2) is 43.3 Å². The van der Waals surface area contributed by atoms with E-state index in [1.165, 1.54) is 6.08 Å². The fourth-order valence-corrected chi connectivity index (χ4v) is 4.39. The molecule has 0 bridgehead atoms. The van der Waals surface area contributed by atoms with Crippen molar-refractivity contribution in [3.8, 4) is 6.07 Å². The standard InChI is InChI=1S/C23H24N6OS/c1-5-20(30)28-9-6-16(7-10-28)21-17-8-11-29(23(3,4)14-24)18(17)12-19(26-21)27-22-25-13-15(2)31-22/h5-6,8,11-13H,1,7,9-10H2,2-4H3,(H,25,26,27). The average molecular weight is 433 g/mol. The highest BCUT2D eigenvalue weighted by Crippen LogP contribution is 2.34. The summed E-state index contributed by atoms with van der Waals surface area (Å²) in [5, 5.41) is 14.8. The van der Waals surface area contributed by atoms with Gasteiger partial charge in [-0.2, -0.15) is 5.26 Å². The molecule has 7 nitrogen and oxygen atoms in total. The number of nitrogens with one attached hydrogen (secondary N) is 1. The molecule has 1 N–H and O–H groups in total. The van der Waals surface area contributed by atoms with Crippen molar-refractivity contribution in [1.82, 2.24) is 19.4 Å². The van der Waals surface area contributed by atoms with Crippen LogP contribution < -0.4 is 5.32 Å². The number of aryl methyl sites for hydroxylation is 1. The van der Waals surface area contributed by atoms with Gasteiger partial charge in [-0.15, -0.1) is 11.3 Å². The van der Waals surface area contributed by atoms with Crippen molar-refractivity contribution >= 4 is 44.7 Å². The van der Waals surface area contributed by atoms with Crippen LogP contribution in [0.1, 0.15) is 30.8 Å². The van der Waals surface area contributed by atoms with E-state index >= 15 is 0 Å². The Kier molecular flexibility index (Phi) is 5.38. The molecule has 0 aromatic carbocycles. The number of fused-ring (bicyclic) bond motifs is 1. The molecule has 0 radical (unpaired) electrons. The highest BCUT2D eigenvalue weighted by Gasteiger charge is 2.24. The van der Waals surface area contributed by atoms with Gasteiger partial charge in [0.2, 0.25) is 5.91 Å². The maximum atomic E-state index is 11.9. The Balaban J connectivity index is 1.82. The van der Waals surface area contributed by atoms with E-state index in [4.69, 9.17) is 4.98 Å². The van der Waals surface area contributed by atoms with Crippen LogP contribution in [0.5, 0.6) is 0 Å². The molecule has 8 heteroatoms. The van der Waals surface area contributed by atoms with E-state index in [1.807, 2.05) is 49.9 Å². The van der Waals surface area contributed by atoms with Crippen LogP contribution >= 0.6 is 11.3 Å². The molecule has 4 heterocycles. The first kappa shape index (κ1) is 20.8. The largest absolute Gasteiger partial charge is 0.335 e. The number of pyridine rings is 1. The van der Waals surface area contributed by atoms with E-state index in [9.17, 15) is 10.1 Å². The second-order valence-electron chi connectivity index (χ2n) is 8.01. The topological polar surface area (TPSA) is 86.8 Å². The monoisotopic (exact) mass is 432 g/mol. The number of rotatable bonds is 5. The van der Waals surface area contributed by atoms with Gasteiger partial charge < -0.3 is 14.8 Å². The van der Waals surface area contributed by atoms with Crippen LogP contribution in [0.2, 0.25) is 0 Å². The Morgan fingerprint density at radius 3 is 2.87 bits per heavy atom. The quantitative estimate of drug-likeness (QED) is 0.595. The van der Waals surface area contributed by atoms with Crippen molar-refractivity contribution in [2.75, 3.05) is 18.4 Å². The number of amides is 1. The van der Waals surface area contributed by atoms with Crippen LogP contribution in [0.4, 0.5) is 10.9 Å². The summed E-state index contributed by atoms with van der Waals surface area (Å²) < 4.78 is 1.97. The van der Waals surface area contributed by atoms with Gasteiger partial charge in [0.15, 0.2) is 5.13 Å². The SMILES string of the molecule is C=CC(=O)N1CC=C(c2nc(Nc3ncc(C)s3)cc3c2ccn3C(C)(C)C#N)CC1. The molecule has 3 aromatic rings. The van der Waals surface area contributed by atoms with Gasteiger partial charge in [0.05, 0.1) is 17.3 Å².